The highest BCUT2D eigenvalue weighted by Gasteiger charge is 2.37. The smallest absolute Gasteiger partial charge is 0.325 e. The lowest BCUT2D eigenvalue weighted by atomic mass is 10.0. The number of aryl methyl sites for hydroxylation is 1. The number of fused-ring (bicyclic) bond motifs is 1. The van der Waals surface area contributed by atoms with E-state index in [0.717, 1.165) is 27.4 Å². The number of carboxylic acid groups (broad SMARTS) is 1. The topological polar surface area (TPSA) is 105 Å². The Morgan fingerprint density at radius 1 is 1.14 bits per heavy atom. The van der Waals surface area contributed by atoms with Crippen LogP contribution in [0.15, 0.2) is 65.8 Å². The molecule has 1 aliphatic heterocycles. The number of aliphatic carboxylic acids is 1. The second-order valence-electron chi connectivity index (χ2n) is 8.60. The number of rotatable bonds is 8. The van der Waals surface area contributed by atoms with Gasteiger partial charge in [0.15, 0.2) is 0 Å². The highest BCUT2D eigenvalue weighted by molar-refractivity contribution is 8.00. The van der Waals surface area contributed by atoms with Crippen molar-refractivity contribution in [1.82, 2.24) is 19.8 Å². The molecule has 4 rings (SSSR count). The van der Waals surface area contributed by atoms with Crippen molar-refractivity contribution in [3.05, 3.63) is 83.4 Å². The van der Waals surface area contributed by atoms with E-state index in [2.05, 4.69) is 29.4 Å². The maximum absolute atomic E-state index is 13.3. The Labute approximate surface area is 208 Å². The Morgan fingerprint density at radius 2 is 1.86 bits per heavy atom. The molecule has 9 heteroatoms. The van der Waals surface area contributed by atoms with Gasteiger partial charge in [-0.3, -0.25) is 14.4 Å². The molecule has 2 aromatic carbocycles. The van der Waals surface area contributed by atoms with E-state index >= 15 is 0 Å². The van der Waals surface area contributed by atoms with Crippen molar-refractivity contribution in [2.75, 3.05) is 5.75 Å². The summed E-state index contributed by atoms with van der Waals surface area (Å²) in [6, 6.07) is 15.8. The average molecular weight is 493 g/mol. The number of benzene rings is 2. The van der Waals surface area contributed by atoms with Gasteiger partial charge >= 0.3 is 5.97 Å². The average Bonchev–Trinajstić information content (AvgIpc) is 3.25. The Morgan fingerprint density at radius 3 is 2.57 bits per heavy atom. The Hall–Kier alpha value is -3.59. The zero-order chi connectivity index (χ0) is 24.9. The van der Waals surface area contributed by atoms with E-state index in [1.165, 1.54) is 18.7 Å². The molecular weight excluding hydrogens is 464 g/mol. The number of thioether (sulfide) groups is 1. The van der Waals surface area contributed by atoms with Crippen LogP contribution in [-0.2, 0) is 33.9 Å². The highest BCUT2D eigenvalue weighted by atomic mass is 32.2. The van der Waals surface area contributed by atoms with Crippen molar-refractivity contribution in [2.45, 2.75) is 50.3 Å². The number of nitrogens with zero attached hydrogens (tertiary/aromatic N) is 3. The van der Waals surface area contributed by atoms with Gasteiger partial charge in [0.25, 0.3) is 0 Å². The van der Waals surface area contributed by atoms with Gasteiger partial charge in [0, 0.05) is 17.9 Å². The lowest BCUT2D eigenvalue weighted by Gasteiger charge is -2.35. The molecule has 0 saturated carbocycles. The van der Waals surface area contributed by atoms with Crippen molar-refractivity contribution in [2.24, 2.45) is 0 Å². The summed E-state index contributed by atoms with van der Waals surface area (Å²) in [5.41, 5.74) is 3.96. The van der Waals surface area contributed by atoms with Gasteiger partial charge < -0.3 is 19.9 Å². The summed E-state index contributed by atoms with van der Waals surface area (Å²) in [5, 5.41) is 11.7. The molecule has 2 heterocycles. The third-order valence-corrected chi connectivity index (χ3v) is 7.17. The van der Waals surface area contributed by atoms with E-state index in [4.69, 9.17) is 0 Å². The first-order valence-corrected chi connectivity index (χ1v) is 12.4. The van der Waals surface area contributed by atoms with Crippen LogP contribution in [0, 0.1) is 6.92 Å². The lowest BCUT2D eigenvalue weighted by Crippen LogP contribution is -2.55. The van der Waals surface area contributed by atoms with Crippen LogP contribution < -0.4 is 5.32 Å². The first-order chi connectivity index (χ1) is 16.8. The quantitative estimate of drug-likeness (QED) is 0.469. The molecule has 2 amide bonds. The van der Waals surface area contributed by atoms with Gasteiger partial charge in [-0.1, -0.05) is 42.5 Å². The summed E-state index contributed by atoms with van der Waals surface area (Å²) in [7, 11) is 0. The van der Waals surface area contributed by atoms with E-state index in [-0.39, 0.29) is 24.6 Å². The monoisotopic (exact) mass is 492 g/mol. The van der Waals surface area contributed by atoms with Crippen LogP contribution in [0.5, 0.6) is 0 Å². The summed E-state index contributed by atoms with van der Waals surface area (Å²) in [5.74, 6) is -1.63. The molecule has 8 nitrogen and oxygen atoms in total. The molecular formula is C26H28N4O4S. The zero-order valence-corrected chi connectivity index (χ0v) is 20.5. The van der Waals surface area contributed by atoms with Gasteiger partial charge in [-0.25, -0.2) is 4.98 Å². The van der Waals surface area contributed by atoms with Crippen molar-refractivity contribution >= 4 is 29.5 Å². The normalized spacial score (nSPS) is 15.8. The number of imidazole rings is 1. The van der Waals surface area contributed by atoms with Gasteiger partial charge in [-0.15, -0.1) is 11.8 Å². The zero-order valence-electron chi connectivity index (χ0n) is 19.7. The van der Waals surface area contributed by atoms with E-state index in [1.54, 1.807) is 11.2 Å². The molecule has 0 spiro atoms. The van der Waals surface area contributed by atoms with Crippen molar-refractivity contribution in [3.63, 3.8) is 0 Å². The number of carboxylic acids is 1. The summed E-state index contributed by atoms with van der Waals surface area (Å²) in [4.78, 5) is 44.7. The van der Waals surface area contributed by atoms with Gasteiger partial charge in [0.2, 0.25) is 11.8 Å². The minimum absolute atomic E-state index is 0.170. The summed E-state index contributed by atoms with van der Waals surface area (Å²) < 4.78 is 2.02. The molecule has 0 fully saturated rings. The molecule has 0 aliphatic carbocycles. The maximum Gasteiger partial charge on any atom is 0.325 e. The number of amides is 2. The van der Waals surface area contributed by atoms with Crippen molar-refractivity contribution in [1.29, 1.82) is 0 Å². The van der Waals surface area contributed by atoms with Gasteiger partial charge in [-0.05, 0) is 37.1 Å². The van der Waals surface area contributed by atoms with Gasteiger partial charge in [-0.2, -0.15) is 0 Å². The predicted molar refractivity (Wildman–Crippen MR) is 133 cm³/mol. The number of aromatic nitrogens is 2. The molecule has 0 bridgehead atoms. The van der Waals surface area contributed by atoms with E-state index in [9.17, 15) is 19.5 Å². The molecule has 182 valence electrons. The molecule has 3 aromatic rings. The number of nitrogens with one attached hydrogen (secondary N) is 1. The molecule has 1 aromatic heterocycles. The molecule has 0 radical (unpaired) electrons. The largest absolute Gasteiger partial charge is 0.480 e. The minimum atomic E-state index is -1.13. The summed E-state index contributed by atoms with van der Waals surface area (Å²) in [6.07, 6.45) is 1.98. The molecule has 2 atom stereocenters. The lowest BCUT2D eigenvalue weighted by molar-refractivity contribution is -0.144. The van der Waals surface area contributed by atoms with Gasteiger partial charge in [0.05, 0.1) is 30.0 Å². The second kappa shape index (κ2) is 10.8. The number of hydrogen-bond donors (Lipinski definition) is 2. The van der Waals surface area contributed by atoms with E-state index in [0.29, 0.717) is 6.54 Å². The Bertz CT molecular complexity index is 1230. The Kier molecular flexibility index (Phi) is 7.55. The van der Waals surface area contributed by atoms with Crippen LogP contribution in [0.4, 0.5) is 0 Å². The fourth-order valence-electron chi connectivity index (χ4n) is 4.09. The van der Waals surface area contributed by atoms with E-state index in [1.807, 2.05) is 47.0 Å². The van der Waals surface area contributed by atoms with Crippen LogP contribution in [0.3, 0.4) is 0 Å². The predicted octanol–water partition coefficient (Wildman–Crippen LogP) is 2.87. The molecule has 0 saturated heterocycles. The minimum Gasteiger partial charge on any atom is -0.480 e. The third-order valence-electron chi connectivity index (χ3n) is 6.18. The standard InChI is InChI=1S/C26H28N4O4S/c1-17-8-6-7-9-19(17)13-29-16-27-21-12-22(25(32)28-18(2)26(33)34)30(14-23(21)29)24(31)15-35-20-10-4-3-5-11-20/h3-11,16,18,22H,12-15H2,1-2H3,(H,28,32)(H,33,34). The number of hydrogen-bond acceptors (Lipinski definition) is 5. The number of carbonyl (C=O) groups is 3. The first kappa shape index (κ1) is 24.5. The maximum atomic E-state index is 13.3. The van der Waals surface area contributed by atoms with Crippen LogP contribution in [0.1, 0.15) is 29.4 Å². The summed E-state index contributed by atoms with van der Waals surface area (Å²) in [6.45, 7) is 4.31. The van der Waals surface area contributed by atoms with Gasteiger partial charge in [0.1, 0.15) is 12.1 Å². The van der Waals surface area contributed by atoms with Crippen molar-refractivity contribution in [3.8, 4) is 0 Å². The van der Waals surface area contributed by atoms with Crippen LogP contribution in [0.2, 0.25) is 0 Å². The third kappa shape index (κ3) is 5.74. The first-order valence-electron chi connectivity index (χ1n) is 11.4. The summed E-state index contributed by atoms with van der Waals surface area (Å²) >= 11 is 1.41. The molecule has 2 N–H and O–H groups in total. The SMILES string of the molecule is Cc1ccccc1Cn1cnc2c1CN(C(=O)CSc1ccccc1)C(C(=O)NC(C)C(=O)O)C2. The highest BCUT2D eigenvalue weighted by Crippen LogP contribution is 2.26. The fourth-order valence-corrected chi connectivity index (χ4v) is 4.89. The fraction of sp³-hybridized carbons (Fsp3) is 0.308. The molecule has 2 unspecified atom stereocenters. The number of carbonyl (C=O) groups excluding carboxylic acids is 2. The van der Waals surface area contributed by atoms with Crippen LogP contribution in [-0.4, -0.2) is 55.2 Å². The van der Waals surface area contributed by atoms with E-state index < -0.39 is 24.0 Å². The van der Waals surface area contributed by atoms with Crippen LogP contribution >= 0.6 is 11.8 Å². The van der Waals surface area contributed by atoms with Crippen molar-refractivity contribution < 1.29 is 19.5 Å². The second-order valence-corrected chi connectivity index (χ2v) is 9.65. The van der Waals surface area contributed by atoms with Crippen LogP contribution in [0.25, 0.3) is 0 Å². The molecule has 1 aliphatic rings. The Balaban J connectivity index is 1.58. The molecule has 35 heavy (non-hydrogen) atoms.